The van der Waals surface area contributed by atoms with Crippen LogP contribution in [0.15, 0.2) is 240 Å². The number of nitrogens with zero attached hydrogens (tertiary/aromatic N) is 2. The minimum atomic E-state index is -5.93. The Morgan fingerprint density at radius 3 is 1.12 bits per heavy atom. The Bertz CT molecular complexity index is 5020. The number of sulfonamides is 2. The van der Waals surface area contributed by atoms with E-state index >= 15 is 0 Å². The fourth-order valence-electron chi connectivity index (χ4n) is 13.3. The summed E-state index contributed by atoms with van der Waals surface area (Å²) < 4.78 is 209. The molecule has 0 bridgehead atoms. The number of alkyl halides is 3. The number of hydrogen-bond donors (Lipinski definition) is 5. The maximum absolute atomic E-state index is 14.2. The average Bonchev–Trinajstić information content (AvgIpc) is 1.61. The molecule has 4 aliphatic heterocycles. The van der Waals surface area contributed by atoms with Crippen LogP contribution in [0.25, 0.3) is 0 Å². The zero-order valence-corrected chi connectivity index (χ0v) is 88.2. The number of benzene rings is 8. The van der Waals surface area contributed by atoms with Gasteiger partial charge in [-0.15, -0.1) is 0 Å². The molecule has 4 heterocycles. The van der Waals surface area contributed by atoms with Crippen molar-refractivity contribution in [2.45, 2.75) is 144 Å². The van der Waals surface area contributed by atoms with Crippen LogP contribution < -0.4 is 158 Å². The average molecular weight is 2120 g/mol. The van der Waals surface area contributed by atoms with E-state index < -0.39 is 119 Å². The van der Waals surface area contributed by atoms with Gasteiger partial charge in [0.15, 0.2) is 25.3 Å². The van der Waals surface area contributed by atoms with E-state index in [1.807, 2.05) is 149 Å². The number of rotatable bonds is 41. The summed E-state index contributed by atoms with van der Waals surface area (Å²) in [6, 6.07) is 63.2. The molecule has 8 aromatic carbocycles. The van der Waals surface area contributed by atoms with Crippen LogP contribution in [0.3, 0.4) is 0 Å². The molecule has 12 rings (SSSR count). The number of ether oxygens (including phenoxy) is 7. The van der Waals surface area contributed by atoms with Crippen molar-refractivity contribution >= 4 is 64.0 Å². The van der Waals surface area contributed by atoms with E-state index in [-0.39, 0.29) is 276 Å². The number of nitrogens with one attached hydrogen (secondary N) is 2. The summed E-state index contributed by atoms with van der Waals surface area (Å²) in [6.45, 7) is 8.13. The summed E-state index contributed by atoms with van der Waals surface area (Å²) in [7, 11) is -22.2. The van der Waals surface area contributed by atoms with Gasteiger partial charge >= 0.3 is 181 Å². The third kappa shape index (κ3) is 36.0. The number of fused-ring (bicyclic) bond motifs is 2. The number of phenolic OH excluding ortho intramolecular Hbond substituents is 1. The second-order valence-electron chi connectivity index (χ2n) is 30.2. The first-order valence-corrected chi connectivity index (χ1v) is 47.8. The Kier molecular flexibility index (Phi) is 46.9. The Hall–Kier alpha value is -4.99. The molecule has 5 N–H and O–H groups in total. The van der Waals surface area contributed by atoms with Crippen molar-refractivity contribution in [3.63, 3.8) is 0 Å². The van der Waals surface area contributed by atoms with Crippen molar-refractivity contribution in [1.82, 2.24) is 19.2 Å². The van der Waals surface area contributed by atoms with Crippen LogP contribution in [0, 0.1) is 23.7 Å². The number of hydrogen-bond acceptors (Lipinski definition) is 28. The SMILES string of the molecule is CC(C)CN(C[C@@H](O)[C@H](Cc1ccccc1)NC(=O)O[C@H]1CO[C@H]2OCC[C@H]21)S(=O)(=O)c1ccc(O)cc1.CC(C)CN(C[C@@H](O)[C@H](Cc1ccccc1)NC(=O)O[C@H]1CO[C@H]2OCC[C@H]21)S(=O)(=O)c1ccc(OCP(=O)(OCc2ccccc2)OCc2ccccc2)cc1.O=CO[O-].O=P(COS(=O)(=O)C(F)(F)F)(OCc1ccccc1)OCc1ccccc1.[Cs+].[Cs+].[H-]. The summed E-state index contributed by atoms with van der Waals surface area (Å²) in [4.78, 5) is 37.3. The second kappa shape index (κ2) is 54.5. The van der Waals surface area contributed by atoms with Gasteiger partial charge in [-0.1, -0.05) is 210 Å². The molecular weight excluding hydrogens is 2020 g/mol. The Morgan fingerprint density at radius 2 is 0.812 bits per heavy atom. The Labute approximate surface area is 862 Å². The van der Waals surface area contributed by atoms with Crippen molar-refractivity contribution in [3.8, 4) is 11.5 Å². The molecule has 4 saturated heterocycles. The number of aromatic hydroxyl groups is 1. The van der Waals surface area contributed by atoms with Crippen LogP contribution >= 0.6 is 15.2 Å². The molecule has 4 fully saturated rings. The van der Waals surface area contributed by atoms with E-state index in [2.05, 4.69) is 19.7 Å². The number of aliphatic hydroxyl groups excluding tert-OH is 2. The van der Waals surface area contributed by atoms with E-state index in [9.17, 15) is 72.5 Å². The number of amides is 2. The summed E-state index contributed by atoms with van der Waals surface area (Å²) >= 11 is 0. The predicted octanol–water partition coefficient (Wildman–Crippen LogP) is 6.25. The Balaban J connectivity index is 0.000000308. The van der Waals surface area contributed by atoms with Crippen LogP contribution in [0.2, 0.25) is 0 Å². The molecule has 0 radical (unpaired) electrons. The second-order valence-corrected chi connectivity index (χ2v) is 39.7. The number of alkyl carbamates (subject to hydrolysis) is 2. The van der Waals surface area contributed by atoms with E-state index in [4.69, 9.17) is 61.3 Å². The number of carbonyl (C=O) groups excluding carboxylic acids is 3. The van der Waals surface area contributed by atoms with Gasteiger partial charge in [0.2, 0.25) is 20.0 Å². The molecule has 10 atom stereocenters. The van der Waals surface area contributed by atoms with Crippen LogP contribution in [0.4, 0.5) is 22.8 Å². The monoisotopic (exact) mass is 2120 g/mol. The summed E-state index contributed by atoms with van der Waals surface area (Å²) in [6.07, 6.45) is -5.57. The van der Waals surface area contributed by atoms with E-state index in [1.54, 1.807) is 60.7 Å². The maximum Gasteiger partial charge on any atom is 1.00 e. The van der Waals surface area contributed by atoms with Gasteiger partial charge in [0, 0.05) is 26.2 Å². The fraction of sp³-hybridized carbons (Fsp3) is 0.407. The molecule has 0 aliphatic carbocycles. The summed E-state index contributed by atoms with van der Waals surface area (Å²) in [5.41, 5.74) is -1.18. The number of halogens is 3. The van der Waals surface area contributed by atoms with Crippen molar-refractivity contribution in [2.75, 3.05) is 65.3 Å². The molecule has 32 nitrogen and oxygen atoms in total. The van der Waals surface area contributed by atoms with Crippen molar-refractivity contribution in [2.24, 2.45) is 23.7 Å². The van der Waals surface area contributed by atoms with E-state index in [0.29, 0.717) is 30.8 Å². The topological polar surface area (TPSA) is 422 Å². The molecule has 0 aromatic heterocycles. The van der Waals surface area contributed by atoms with E-state index in [0.717, 1.165) is 28.7 Å². The third-order valence-corrected chi connectivity index (χ3v) is 27.5. The number of aliphatic hydroxyl groups is 2. The minimum absolute atomic E-state index is 0. The third-order valence-electron chi connectivity index (χ3n) is 19.6. The van der Waals surface area contributed by atoms with Gasteiger partial charge in [0.1, 0.15) is 23.7 Å². The first-order valence-electron chi connectivity index (χ1n) is 40.1. The smallest absolute Gasteiger partial charge is 1.00 e. The Morgan fingerprint density at radius 1 is 0.500 bits per heavy atom. The first-order chi connectivity index (χ1) is 60.1. The molecule has 8 aromatic rings. The number of carbonyl (C=O) groups is 3. The van der Waals surface area contributed by atoms with Crippen LogP contribution in [-0.4, -0.2) is 188 Å². The molecule has 4 aliphatic rings. The van der Waals surface area contributed by atoms with Gasteiger partial charge in [-0.05, 0) is 119 Å². The molecule has 128 heavy (non-hydrogen) atoms. The molecule has 42 heteroatoms. The maximum atomic E-state index is 14.2. The standard InChI is InChI=1S/C42H51N2O11PS.C27H36N2O8S.C16H16F3O6PS.CH2O3.2Cs.H/c1-31(2)25-44(26-39(45)38(24-32-12-6-3-7-13-32)43-42(46)55-40-29-51-41-37(40)22-23-50-41)57(48,49)36-20-18-35(19-21-36)52-30-56(47,53-27-33-14-8-4-9-15-33)54-28-34-16-10-5-11-17-34;1-18(2)15-29(38(33,34)21-10-8-20(30)9-11-21)16-24(31)23(14-19-6-4-3-5-7-19)28-27(32)37-25-17-36-26-22(25)12-13-35-26;17-16(18,19)27(21,22)25-13-26(20,23-11-14-7-3-1-4-8-14)24-12-15-9-5-2-6-10-15;2-1-4-3;;;/h3-21,31,37-41,45H,22-30H2,1-2H3,(H,43,46);3-11,18,22-26,30-31H,12-17H2,1-2H3,(H,28,32);1-10H,11-13H2;1,3H;;;/q;;;;2*+1;-1/p-1/t37-,38-,39+,40-,41+;22-,23-,24+,25-,26+;;;;;/m00...../s1. The largest absolute Gasteiger partial charge is 1.00 e. The molecular formula is C86H105Cs2F3N4O28P2S3. The predicted molar refractivity (Wildman–Crippen MR) is 451 cm³/mol. The molecule has 0 spiro atoms. The van der Waals surface area contributed by atoms with Crippen molar-refractivity contribution in [1.29, 1.82) is 0 Å². The van der Waals surface area contributed by atoms with Crippen LogP contribution in [0.5, 0.6) is 11.5 Å². The minimum Gasteiger partial charge on any atom is -1.00 e. The van der Waals surface area contributed by atoms with Gasteiger partial charge < -0.3 is 88.8 Å². The van der Waals surface area contributed by atoms with Crippen LogP contribution in [-0.2, 0) is 139 Å². The van der Waals surface area contributed by atoms with Gasteiger partial charge in [-0.3, -0.25) is 18.1 Å². The molecule has 0 unspecified atom stereocenters. The fourth-order valence-corrected chi connectivity index (χ4v) is 19.8. The van der Waals surface area contributed by atoms with Gasteiger partial charge in [-0.2, -0.15) is 30.2 Å². The van der Waals surface area contributed by atoms with E-state index in [1.165, 1.54) is 57.1 Å². The van der Waals surface area contributed by atoms with Gasteiger partial charge in [-0.25, -0.2) is 26.4 Å². The van der Waals surface area contributed by atoms with Crippen molar-refractivity contribution in [3.05, 3.63) is 264 Å². The molecule has 2 amide bonds. The summed E-state index contributed by atoms with van der Waals surface area (Å²) in [5, 5.41) is 46.5. The normalized spacial score (nSPS) is 18.2. The molecule has 688 valence electrons. The van der Waals surface area contributed by atoms with Gasteiger partial charge in [0.25, 0.3) is 6.47 Å². The zero-order chi connectivity index (χ0) is 90.9. The van der Waals surface area contributed by atoms with Crippen molar-refractivity contribution < 1.29 is 282 Å². The quantitative estimate of drug-likeness (QED) is 0.00706. The van der Waals surface area contributed by atoms with Gasteiger partial charge in [0.05, 0.1) is 98.8 Å². The number of phenols is 1. The molecule has 0 saturated carbocycles. The van der Waals surface area contributed by atoms with Crippen LogP contribution in [0.1, 0.15) is 75.3 Å². The summed E-state index contributed by atoms with van der Waals surface area (Å²) in [5.74, 6) is -0.0101. The zero-order valence-electron chi connectivity index (χ0n) is 72.4. The first kappa shape index (κ1) is 110.